The van der Waals surface area contributed by atoms with Crippen LogP contribution in [0.25, 0.3) is 0 Å². The number of ether oxygens (including phenoxy) is 4. The first-order chi connectivity index (χ1) is 19.3. The van der Waals surface area contributed by atoms with Gasteiger partial charge in [0.15, 0.2) is 17.2 Å². The molecule has 12 nitrogen and oxygen atoms in total. The smallest absolute Gasteiger partial charge is 0.273 e. The van der Waals surface area contributed by atoms with E-state index >= 15 is 0 Å². The predicted octanol–water partition coefficient (Wildman–Crippen LogP) is 2.53. The molecule has 0 bridgehead atoms. The maximum absolute atomic E-state index is 14.2. The third-order valence-electron chi connectivity index (χ3n) is 6.48. The van der Waals surface area contributed by atoms with E-state index < -0.39 is 23.8 Å². The second-order valence-corrected chi connectivity index (χ2v) is 9.68. The Morgan fingerprint density at radius 2 is 1.82 bits per heavy atom. The van der Waals surface area contributed by atoms with Gasteiger partial charge in [-0.05, 0) is 66.3 Å². The highest BCUT2D eigenvalue weighted by atomic mass is 32.1. The van der Waals surface area contributed by atoms with Crippen molar-refractivity contribution in [3.63, 3.8) is 0 Å². The summed E-state index contributed by atoms with van der Waals surface area (Å²) in [5.74, 6) is -0.619. The number of hydrogen-bond donors (Lipinski definition) is 3. The van der Waals surface area contributed by atoms with Gasteiger partial charge >= 0.3 is 0 Å². The molecule has 1 fully saturated rings. The lowest BCUT2D eigenvalue weighted by Crippen LogP contribution is -2.45. The van der Waals surface area contributed by atoms with Crippen molar-refractivity contribution in [1.29, 1.82) is 0 Å². The van der Waals surface area contributed by atoms with E-state index in [-0.39, 0.29) is 28.9 Å². The summed E-state index contributed by atoms with van der Waals surface area (Å²) in [5.41, 5.74) is 11.9. The summed E-state index contributed by atoms with van der Waals surface area (Å²) >= 11 is 0.727. The van der Waals surface area contributed by atoms with E-state index in [1.54, 1.807) is 42.5 Å². The SMILES string of the molecule is COc1ccc(N(C(=O)c2snc(C(N)=O)c2N)C(C(=O)NCC2CCCO2)c2ccc(OC)c(OC)c2)cc1. The second-order valence-electron chi connectivity index (χ2n) is 8.91. The molecule has 2 atom stereocenters. The maximum atomic E-state index is 14.2. The van der Waals surface area contributed by atoms with Crippen molar-refractivity contribution in [2.75, 3.05) is 45.1 Å². The van der Waals surface area contributed by atoms with Crippen LogP contribution in [-0.4, -0.2) is 62.7 Å². The summed E-state index contributed by atoms with van der Waals surface area (Å²) in [6.45, 7) is 0.894. The number of amides is 3. The lowest BCUT2D eigenvalue weighted by molar-refractivity contribution is -0.123. The summed E-state index contributed by atoms with van der Waals surface area (Å²) in [7, 11) is 4.50. The fourth-order valence-corrected chi connectivity index (χ4v) is 5.16. The van der Waals surface area contributed by atoms with Crippen LogP contribution in [0.1, 0.15) is 44.6 Å². The first-order valence-electron chi connectivity index (χ1n) is 12.4. The van der Waals surface area contributed by atoms with Crippen molar-refractivity contribution >= 4 is 40.6 Å². The predicted molar refractivity (Wildman–Crippen MR) is 149 cm³/mol. The van der Waals surface area contributed by atoms with Crippen LogP contribution < -0.4 is 35.9 Å². The molecule has 5 N–H and O–H groups in total. The van der Waals surface area contributed by atoms with Gasteiger partial charge in [-0.1, -0.05) is 6.07 Å². The van der Waals surface area contributed by atoms with Crippen LogP contribution in [0, 0.1) is 0 Å². The summed E-state index contributed by atoms with van der Waals surface area (Å²) in [5, 5.41) is 2.93. The molecule has 1 aliphatic heterocycles. The van der Waals surface area contributed by atoms with Gasteiger partial charge in [0, 0.05) is 18.8 Å². The van der Waals surface area contributed by atoms with Gasteiger partial charge in [-0.15, -0.1) is 0 Å². The van der Waals surface area contributed by atoms with Gasteiger partial charge < -0.3 is 35.7 Å². The van der Waals surface area contributed by atoms with Crippen LogP contribution in [0.3, 0.4) is 0 Å². The van der Waals surface area contributed by atoms with E-state index in [1.807, 2.05) is 0 Å². The number of primary amides is 1. The molecule has 1 aliphatic rings. The fraction of sp³-hybridized carbons (Fsp3) is 0.333. The van der Waals surface area contributed by atoms with Gasteiger partial charge in [-0.25, -0.2) is 0 Å². The van der Waals surface area contributed by atoms with Gasteiger partial charge in [0.05, 0.1) is 33.1 Å². The number of benzene rings is 2. The third kappa shape index (κ3) is 5.95. The van der Waals surface area contributed by atoms with E-state index in [0.717, 1.165) is 24.4 Å². The number of nitrogen functional groups attached to an aromatic ring is 1. The van der Waals surface area contributed by atoms with Crippen LogP contribution >= 0.6 is 11.5 Å². The van der Waals surface area contributed by atoms with Crippen LogP contribution in [-0.2, 0) is 9.53 Å². The van der Waals surface area contributed by atoms with Crippen molar-refractivity contribution in [3.8, 4) is 17.2 Å². The fourth-order valence-electron chi connectivity index (χ4n) is 4.42. The largest absolute Gasteiger partial charge is 0.497 e. The van der Waals surface area contributed by atoms with Crippen molar-refractivity contribution < 1.29 is 33.3 Å². The lowest BCUT2D eigenvalue weighted by Gasteiger charge is -2.32. The number of hydrogen-bond acceptors (Lipinski definition) is 10. The number of methoxy groups -OCH3 is 3. The second kappa shape index (κ2) is 12.7. The number of carbonyl (C=O) groups is 3. The standard InChI is InChI=1S/C27H31N5O7S/c1-36-17-9-7-16(8-10-17)32(27(35)24-21(28)22(25(29)33)31-40-24)23(26(34)30-14-18-5-4-12-39-18)15-6-11-19(37-2)20(13-15)38-3/h6-11,13,18,23H,4-5,12,14,28H2,1-3H3,(H2,29,33)(H,30,34). The summed E-state index contributed by atoms with van der Waals surface area (Å²) < 4.78 is 25.8. The van der Waals surface area contributed by atoms with Crippen molar-refractivity contribution in [2.24, 2.45) is 5.73 Å². The minimum absolute atomic E-state index is 0.0398. The zero-order valence-electron chi connectivity index (χ0n) is 22.3. The number of nitrogens with one attached hydrogen (secondary N) is 1. The van der Waals surface area contributed by atoms with Gasteiger partial charge in [0.1, 0.15) is 16.7 Å². The molecule has 2 heterocycles. The Morgan fingerprint density at radius 3 is 2.40 bits per heavy atom. The minimum Gasteiger partial charge on any atom is -0.497 e. The topological polar surface area (TPSA) is 168 Å². The normalized spacial score (nSPS) is 15.2. The Bertz CT molecular complexity index is 1370. The molecule has 3 amide bonds. The van der Waals surface area contributed by atoms with Crippen LogP contribution in [0.15, 0.2) is 42.5 Å². The Kier molecular flexibility index (Phi) is 9.07. The average molecular weight is 570 g/mol. The van der Waals surface area contributed by atoms with Gasteiger partial charge in [0.2, 0.25) is 5.91 Å². The highest BCUT2D eigenvalue weighted by molar-refractivity contribution is 7.09. The zero-order valence-corrected chi connectivity index (χ0v) is 23.2. The number of aromatic nitrogens is 1. The monoisotopic (exact) mass is 569 g/mol. The number of carbonyl (C=O) groups excluding carboxylic acids is 3. The quantitative estimate of drug-likeness (QED) is 0.314. The molecule has 13 heteroatoms. The van der Waals surface area contributed by atoms with E-state index in [2.05, 4.69) is 9.69 Å². The molecular weight excluding hydrogens is 538 g/mol. The number of rotatable bonds is 11. The van der Waals surface area contributed by atoms with Crippen LogP contribution in [0.4, 0.5) is 11.4 Å². The Hall–Kier alpha value is -4.36. The lowest BCUT2D eigenvalue weighted by atomic mass is 10.0. The highest BCUT2D eigenvalue weighted by Crippen LogP contribution is 2.37. The summed E-state index contributed by atoms with van der Waals surface area (Å²) in [6.07, 6.45) is 1.59. The number of nitrogens with zero attached hydrogens (tertiary/aromatic N) is 2. The van der Waals surface area contributed by atoms with Crippen LogP contribution in [0.5, 0.6) is 17.2 Å². The minimum atomic E-state index is -1.19. The molecule has 1 aromatic heterocycles. The zero-order chi connectivity index (χ0) is 28.8. The molecule has 0 aliphatic carbocycles. The van der Waals surface area contributed by atoms with Crippen molar-refractivity contribution in [2.45, 2.75) is 25.0 Å². The maximum Gasteiger partial charge on any atom is 0.273 e. The number of anilines is 2. The van der Waals surface area contributed by atoms with E-state index in [0.29, 0.717) is 35.1 Å². The molecule has 0 spiro atoms. The van der Waals surface area contributed by atoms with E-state index in [9.17, 15) is 14.4 Å². The van der Waals surface area contributed by atoms with Gasteiger partial charge in [0.25, 0.3) is 11.8 Å². The molecule has 3 aromatic rings. The first-order valence-corrected chi connectivity index (χ1v) is 13.2. The third-order valence-corrected chi connectivity index (χ3v) is 7.33. The summed E-state index contributed by atoms with van der Waals surface area (Å²) in [4.78, 5) is 41.2. The van der Waals surface area contributed by atoms with Crippen molar-refractivity contribution in [1.82, 2.24) is 9.69 Å². The highest BCUT2D eigenvalue weighted by Gasteiger charge is 2.37. The van der Waals surface area contributed by atoms with Crippen molar-refractivity contribution in [3.05, 3.63) is 58.6 Å². The van der Waals surface area contributed by atoms with E-state index in [1.165, 1.54) is 26.2 Å². The first kappa shape index (κ1) is 28.6. The van der Waals surface area contributed by atoms with E-state index in [4.69, 9.17) is 30.4 Å². The molecule has 2 unspecified atom stereocenters. The number of nitrogens with two attached hydrogens (primary N) is 2. The molecule has 212 valence electrons. The molecule has 2 aromatic carbocycles. The van der Waals surface area contributed by atoms with Gasteiger partial charge in [-0.3, -0.25) is 19.3 Å². The molecule has 0 saturated carbocycles. The molecule has 1 saturated heterocycles. The Balaban J connectivity index is 1.85. The van der Waals surface area contributed by atoms with Crippen LogP contribution in [0.2, 0.25) is 0 Å². The molecule has 4 rings (SSSR count). The molecule has 40 heavy (non-hydrogen) atoms. The molecule has 0 radical (unpaired) electrons. The Labute approximate surface area is 235 Å². The van der Waals surface area contributed by atoms with Gasteiger partial charge in [-0.2, -0.15) is 4.37 Å². The Morgan fingerprint density at radius 1 is 1.10 bits per heavy atom. The summed E-state index contributed by atoms with van der Waals surface area (Å²) in [6, 6.07) is 10.4. The molecular formula is C27H31N5O7S. The average Bonchev–Trinajstić information content (AvgIpc) is 3.63.